The molecule has 2 aromatic heterocycles. The number of fused-ring (bicyclic) bond motifs is 3. The van der Waals surface area contributed by atoms with E-state index in [-0.39, 0.29) is 0 Å². The normalized spacial score (nSPS) is 25.2. The minimum Gasteiger partial charge on any atom is -0.379 e. The fraction of sp³-hybridized carbons (Fsp3) is 0.613. The number of nitrogens with zero attached hydrogens (tertiary/aromatic N) is 4. The zero-order valence-electron chi connectivity index (χ0n) is 23.3. The van der Waals surface area contributed by atoms with Gasteiger partial charge in [0.25, 0.3) is 0 Å². The van der Waals surface area contributed by atoms with E-state index in [4.69, 9.17) is 14.7 Å². The highest BCUT2D eigenvalue weighted by molar-refractivity contribution is 7.19. The summed E-state index contributed by atoms with van der Waals surface area (Å²) in [6, 6.07) is 10.2. The lowest BCUT2D eigenvalue weighted by molar-refractivity contribution is 0.00791. The Morgan fingerprint density at radius 2 is 1.67 bits per heavy atom. The molecule has 0 amide bonds. The number of piperidine rings is 1. The SMILES string of the molecule is CN1CCC(c2ccc(Nc3nc(N[C@H]4CC[C@H](N5CCOCC5)CC4)c4c5c(sc4n3)CCC5)cc2)CC1. The quantitative estimate of drug-likeness (QED) is 0.406. The van der Waals surface area contributed by atoms with Gasteiger partial charge in [-0.3, -0.25) is 4.90 Å². The van der Waals surface area contributed by atoms with E-state index >= 15 is 0 Å². The molecule has 7 nitrogen and oxygen atoms in total. The fourth-order valence-corrected chi connectivity index (χ4v) is 8.45. The first-order chi connectivity index (χ1) is 19.2. The largest absolute Gasteiger partial charge is 0.379 e. The second-order valence-electron chi connectivity index (χ2n) is 12.1. The molecule has 4 heterocycles. The maximum atomic E-state index is 5.58. The maximum absolute atomic E-state index is 5.58. The van der Waals surface area contributed by atoms with Gasteiger partial charge < -0.3 is 20.3 Å². The summed E-state index contributed by atoms with van der Waals surface area (Å²) >= 11 is 1.87. The van der Waals surface area contributed by atoms with Gasteiger partial charge in [0.05, 0.1) is 18.6 Å². The Kier molecular flexibility index (Phi) is 7.45. The van der Waals surface area contributed by atoms with Crippen molar-refractivity contribution in [2.24, 2.45) is 0 Å². The molecule has 1 saturated carbocycles. The van der Waals surface area contributed by atoms with Crippen molar-refractivity contribution in [2.75, 3.05) is 57.1 Å². The molecular formula is C31H42N6OS. The van der Waals surface area contributed by atoms with Gasteiger partial charge in [0, 0.05) is 35.7 Å². The number of anilines is 3. The Morgan fingerprint density at radius 3 is 2.44 bits per heavy atom. The Labute approximate surface area is 236 Å². The van der Waals surface area contributed by atoms with E-state index in [9.17, 15) is 0 Å². The third kappa shape index (κ3) is 5.53. The Bertz CT molecular complexity index is 1270. The monoisotopic (exact) mass is 546 g/mol. The molecule has 208 valence electrons. The van der Waals surface area contributed by atoms with Gasteiger partial charge in [-0.25, -0.2) is 4.98 Å². The highest BCUT2D eigenvalue weighted by atomic mass is 32.1. The second-order valence-corrected chi connectivity index (χ2v) is 13.1. The number of nitrogens with one attached hydrogen (secondary N) is 2. The van der Waals surface area contributed by atoms with Crippen LogP contribution >= 0.6 is 11.3 Å². The van der Waals surface area contributed by atoms with Crippen LogP contribution in [-0.2, 0) is 17.6 Å². The van der Waals surface area contributed by atoms with Crippen LogP contribution < -0.4 is 10.6 Å². The zero-order chi connectivity index (χ0) is 26.2. The van der Waals surface area contributed by atoms with E-state index in [2.05, 4.69) is 51.7 Å². The van der Waals surface area contributed by atoms with Crippen LogP contribution in [0.5, 0.6) is 0 Å². The van der Waals surface area contributed by atoms with Crippen LogP contribution in [0.15, 0.2) is 24.3 Å². The van der Waals surface area contributed by atoms with Gasteiger partial charge in [-0.05, 0) is 107 Å². The summed E-state index contributed by atoms with van der Waals surface area (Å²) in [4.78, 5) is 17.8. The summed E-state index contributed by atoms with van der Waals surface area (Å²) in [5, 5.41) is 8.74. The lowest BCUT2D eigenvalue weighted by atomic mass is 9.89. The first-order valence-corrected chi connectivity index (χ1v) is 16.0. The number of hydrogen-bond donors (Lipinski definition) is 2. The van der Waals surface area contributed by atoms with Gasteiger partial charge >= 0.3 is 0 Å². The lowest BCUT2D eigenvalue weighted by Gasteiger charge is -2.39. The molecule has 0 bridgehead atoms. The lowest BCUT2D eigenvalue weighted by Crippen LogP contribution is -2.46. The summed E-state index contributed by atoms with van der Waals surface area (Å²) in [6.07, 6.45) is 11.0. The van der Waals surface area contributed by atoms with Crippen molar-refractivity contribution in [2.45, 2.75) is 75.8 Å². The van der Waals surface area contributed by atoms with Gasteiger partial charge in [0.2, 0.25) is 5.95 Å². The van der Waals surface area contributed by atoms with Crippen molar-refractivity contribution in [3.8, 4) is 0 Å². The Balaban J connectivity index is 1.08. The van der Waals surface area contributed by atoms with E-state index < -0.39 is 0 Å². The van der Waals surface area contributed by atoms with Crippen LogP contribution in [0.1, 0.15) is 66.9 Å². The summed E-state index contributed by atoms with van der Waals surface area (Å²) in [5.41, 5.74) is 4.01. The minimum atomic E-state index is 0.471. The first kappa shape index (κ1) is 25.7. The van der Waals surface area contributed by atoms with Crippen molar-refractivity contribution < 1.29 is 4.74 Å². The molecule has 0 spiro atoms. The van der Waals surface area contributed by atoms with Crippen molar-refractivity contribution in [3.63, 3.8) is 0 Å². The summed E-state index contributed by atoms with van der Waals surface area (Å²) in [7, 11) is 2.22. The highest BCUT2D eigenvalue weighted by Gasteiger charge is 2.29. The summed E-state index contributed by atoms with van der Waals surface area (Å²) < 4.78 is 5.58. The smallest absolute Gasteiger partial charge is 0.230 e. The summed E-state index contributed by atoms with van der Waals surface area (Å²) in [6.45, 7) is 6.32. The second kappa shape index (κ2) is 11.3. The predicted octanol–water partition coefficient (Wildman–Crippen LogP) is 5.79. The maximum Gasteiger partial charge on any atom is 0.230 e. The molecular weight excluding hydrogens is 504 g/mol. The van der Waals surface area contributed by atoms with Crippen LogP contribution in [0.3, 0.4) is 0 Å². The number of rotatable bonds is 6. The van der Waals surface area contributed by atoms with E-state index in [1.807, 2.05) is 11.3 Å². The number of aromatic nitrogens is 2. The minimum absolute atomic E-state index is 0.471. The predicted molar refractivity (Wildman–Crippen MR) is 161 cm³/mol. The molecule has 0 atom stereocenters. The molecule has 2 aliphatic heterocycles. The molecule has 2 saturated heterocycles. The molecule has 1 aromatic carbocycles. The van der Waals surface area contributed by atoms with E-state index in [0.717, 1.165) is 49.1 Å². The molecule has 3 fully saturated rings. The van der Waals surface area contributed by atoms with Gasteiger partial charge in [-0.15, -0.1) is 11.3 Å². The molecule has 39 heavy (non-hydrogen) atoms. The zero-order valence-corrected chi connectivity index (χ0v) is 24.1. The molecule has 2 N–H and O–H groups in total. The highest BCUT2D eigenvalue weighted by Crippen LogP contribution is 2.41. The van der Waals surface area contributed by atoms with Crippen LogP contribution in [0.4, 0.5) is 17.5 Å². The van der Waals surface area contributed by atoms with E-state index in [1.54, 1.807) is 0 Å². The van der Waals surface area contributed by atoms with Gasteiger partial charge in [-0.2, -0.15) is 4.98 Å². The van der Waals surface area contributed by atoms with Crippen LogP contribution in [-0.4, -0.2) is 78.3 Å². The average molecular weight is 547 g/mol. The van der Waals surface area contributed by atoms with Crippen molar-refractivity contribution in [3.05, 3.63) is 40.3 Å². The van der Waals surface area contributed by atoms with Crippen molar-refractivity contribution in [1.29, 1.82) is 0 Å². The van der Waals surface area contributed by atoms with E-state index in [1.165, 1.54) is 85.8 Å². The van der Waals surface area contributed by atoms with E-state index in [0.29, 0.717) is 23.9 Å². The van der Waals surface area contributed by atoms with Crippen LogP contribution in [0.25, 0.3) is 10.2 Å². The van der Waals surface area contributed by atoms with Crippen LogP contribution in [0, 0.1) is 0 Å². The Morgan fingerprint density at radius 1 is 0.897 bits per heavy atom. The first-order valence-electron chi connectivity index (χ1n) is 15.2. The third-order valence-corrected chi connectivity index (χ3v) is 10.7. The standard InChI is InChI=1S/C31H42N6OS/c1-36-15-13-22(14-16-36)21-5-7-24(8-6-21)33-31-34-29(28-26-3-2-4-27(26)39-30(28)35-31)32-23-9-11-25(12-10-23)37-17-19-38-20-18-37/h5-8,22-23,25H,2-4,9-20H2,1H3,(H2,32,33,34,35)/t23-,25-. The average Bonchev–Trinajstić information content (AvgIpc) is 3.56. The van der Waals surface area contributed by atoms with Crippen molar-refractivity contribution in [1.82, 2.24) is 19.8 Å². The molecule has 8 heteroatoms. The number of benzene rings is 1. The number of hydrogen-bond acceptors (Lipinski definition) is 8. The van der Waals surface area contributed by atoms with Gasteiger partial charge in [-0.1, -0.05) is 12.1 Å². The number of ether oxygens (including phenoxy) is 1. The van der Waals surface area contributed by atoms with Gasteiger partial charge in [0.1, 0.15) is 10.6 Å². The summed E-state index contributed by atoms with van der Waals surface area (Å²) in [5.74, 6) is 2.42. The number of aryl methyl sites for hydroxylation is 2. The number of thiophene rings is 1. The van der Waals surface area contributed by atoms with Crippen LogP contribution in [0.2, 0.25) is 0 Å². The molecule has 0 radical (unpaired) electrons. The van der Waals surface area contributed by atoms with Gasteiger partial charge in [0.15, 0.2) is 0 Å². The number of morpholine rings is 1. The molecule has 3 aromatic rings. The fourth-order valence-electron chi connectivity index (χ4n) is 7.19. The topological polar surface area (TPSA) is 65.5 Å². The third-order valence-electron chi connectivity index (χ3n) is 9.52. The molecule has 2 aliphatic carbocycles. The Hall–Kier alpha value is -2.26. The van der Waals surface area contributed by atoms with Crippen molar-refractivity contribution >= 4 is 39.0 Å². The number of likely N-dealkylation sites (tertiary alicyclic amines) is 1. The molecule has 7 rings (SSSR count). The molecule has 4 aliphatic rings. The molecule has 0 unspecified atom stereocenters.